The SMILES string of the molecule is CCC(CC(=O)OCCOCCOC)CC(C)(C)C(=O)NCCc1ccc(O)c(O)c1. The molecule has 1 aromatic rings. The quantitative estimate of drug-likeness (QED) is 0.219. The number of amides is 1. The fourth-order valence-electron chi connectivity index (χ4n) is 3.21. The van der Waals surface area contributed by atoms with Gasteiger partial charge in [0.1, 0.15) is 6.61 Å². The van der Waals surface area contributed by atoms with E-state index in [1.54, 1.807) is 13.2 Å². The van der Waals surface area contributed by atoms with Crippen LogP contribution in [0.2, 0.25) is 0 Å². The van der Waals surface area contributed by atoms with E-state index in [4.69, 9.17) is 14.2 Å². The van der Waals surface area contributed by atoms with Gasteiger partial charge in [-0.05, 0) is 36.5 Å². The van der Waals surface area contributed by atoms with Gasteiger partial charge in [-0.2, -0.15) is 0 Å². The Kier molecular flexibility index (Phi) is 12.0. The number of carbonyl (C=O) groups excluding carboxylic acids is 2. The van der Waals surface area contributed by atoms with E-state index < -0.39 is 5.41 Å². The van der Waals surface area contributed by atoms with Gasteiger partial charge in [-0.15, -0.1) is 0 Å². The Bertz CT molecular complexity index is 691. The molecule has 176 valence electrons. The fraction of sp³-hybridized carbons (Fsp3) is 0.652. The van der Waals surface area contributed by atoms with Gasteiger partial charge >= 0.3 is 5.97 Å². The fourth-order valence-corrected chi connectivity index (χ4v) is 3.21. The maximum Gasteiger partial charge on any atom is 0.306 e. The molecule has 1 rings (SSSR count). The molecular formula is C23H37NO7. The van der Waals surface area contributed by atoms with Crippen molar-refractivity contribution in [1.82, 2.24) is 5.32 Å². The molecule has 0 aliphatic carbocycles. The number of phenols is 2. The number of carbonyl (C=O) groups is 2. The van der Waals surface area contributed by atoms with Crippen molar-refractivity contribution in [3.8, 4) is 11.5 Å². The molecule has 0 saturated carbocycles. The summed E-state index contributed by atoms with van der Waals surface area (Å²) in [5.74, 6) is -0.684. The number of benzene rings is 1. The van der Waals surface area contributed by atoms with Crippen molar-refractivity contribution >= 4 is 11.9 Å². The zero-order valence-corrected chi connectivity index (χ0v) is 19.1. The van der Waals surface area contributed by atoms with E-state index >= 15 is 0 Å². The van der Waals surface area contributed by atoms with Crippen LogP contribution in [0.4, 0.5) is 0 Å². The normalized spacial score (nSPS) is 12.4. The predicted octanol–water partition coefficient (Wildman–Crippen LogP) is 2.80. The third kappa shape index (κ3) is 10.5. The van der Waals surface area contributed by atoms with Crippen molar-refractivity contribution < 1.29 is 34.0 Å². The molecule has 0 aromatic heterocycles. The topological polar surface area (TPSA) is 114 Å². The zero-order chi connectivity index (χ0) is 23.3. The number of nitrogens with one attached hydrogen (secondary N) is 1. The largest absolute Gasteiger partial charge is 0.504 e. The van der Waals surface area contributed by atoms with E-state index in [1.165, 1.54) is 12.1 Å². The van der Waals surface area contributed by atoms with Crippen molar-refractivity contribution in [3.63, 3.8) is 0 Å². The molecule has 0 saturated heterocycles. The third-order valence-corrected chi connectivity index (χ3v) is 5.11. The van der Waals surface area contributed by atoms with Crippen molar-refractivity contribution in [2.75, 3.05) is 40.1 Å². The van der Waals surface area contributed by atoms with Crippen LogP contribution in [0.15, 0.2) is 18.2 Å². The van der Waals surface area contributed by atoms with Crippen molar-refractivity contribution in [1.29, 1.82) is 0 Å². The molecule has 3 N–H and O–H groups in total. The van der Waals surface area contributed by atoms with Gasteiger partial charge in [0, 0.05) is 25.5 Å². The summed E-state index contributed by atoms with van der Waals surface area (Å²) < 4.78 is 15.4. The molecule has 1 unspecified atom stereocenters. The first-order chi connectivity index (χ1) is 14.7. The minimum absolute atomic E-state index is 0.0386. The molecule has 1 aromatic carbocycles. The Morgan fingerprint density at radius 2 is 1.81 bits per heavy atom. The Morgan fingerprint density at radius 1 is 1.10 bits per heavy atom. The zero-order valence-electron chi connectivity index (χ0n) is 19.1. The van der Waals surface area contributed by atoms with Crippen LogP contribution >= 0.6 is 0 Å². The van der Waals surface area contributed by atoms with E-state index in [0.29, 0.717) is 39.2 Å². The summed E-state index contributed by atoms with van der Waals surface area (Å²) in [5, 5.41) is 21.8. The third-order valence-electron chi connectivity index (χ3n) is 5.11. The molecule has 0 fully saturated rings. The molecular weight excluding hydrogens is 402 g/mol. The summed E-state index contributed by atoms with van der Waals surface area (Å²) in [5.41, 5.74) is 0.176. The minimum atomic E-state index is -0.638. The van der Waals surface area contributed by atoms with Crippen LogP contribution in [0.25, 0.3) is 0 Å². The van der Waals surface area contributed by atoms with Gasteiger partial charge in [0.15, 0.2) is 11.5 Å². The Morgan fingerprint density at radius 3 is 2.45 bits per heavy atom. The lowest BCUT2D eigenvalue weighted by molar-refractivity contribution is -0.147. The first-order valence-corrected chi connectivity index (χ1v) is 10.7. The van der Waals surface area contributed by atoms with Crippen LogP contribution in [0, 0.1) is 11.3 Å². The second-order valence-corrected chi connectivity index (χ2v) is 8.22. The number of esters is 1. The average Bonchev–Trinajstić information content (AvgIpc) is 2.72. The average molecular weight is 440 g/mol. The molecule has 0 bridgehead atoms. The van der Waals surface area contributed by atoms with E-state index in [0.717, 1.165) is 12.0 Å². The van der Waals surface area contributed by atoms with Gasteiger partial charge in [-0.25, -0.2) is 0 Å². The summed E-state index contributed by atoms with van der Waals surface area (Å²) in [6.45, 7) is 7.64. The molecule has 0 aliphatic heterocycles. The highest BCUT2D eigenvalue weighted by atomic mass is 16.6. The molecule has 0 heterocycles. The molecule has 8 nitrogen and oxygen atoms in total. The lowest BCUT2D eigenvalue weighted by Crippen LogP contribution is -2.39. The van der Waals surface area contributed by atoms with Gasteiger partial charge in [-0.1, -0.05) is 33.3 Å². The number of rotatable bonds is 15. The van der Waals surface area contributed by atoms with Crippen molar-refractivity contribution in [2.24, 2.45) is 11.3 Å². The lowest BCUT2D eigenvalue weighted by Gasteiger charge is -2.28. The number of hydrogen-bond donors (Lipinski definition) is 3. The Labute approximate surface area is 184 Å². The number of aromatic hydroxyl groups is 2. The summed E-state index contributed by atoms with van der Waals surface area (Å²) in [4.78, 5) is 24.8. The predicted molar refractivity (Wildman–Crippen MR) is 117 cm³/mol. The van der Waals surface area contributed by atoms with Crippen LogP contribution in [0.5, 0.6) is 11.5 Å². The number of ether oxygens (including phenoxy) is 3. The van der Waals surface area contributed by atoms with E-state index in [1.807, 2.05) is 20.8 Å². The van der Waals surface area contributed by atoms with Gasteiger partial charge in [-0.3, -0.25) is 9.59 Å². The maximum atomic E-state index is 12.7. The highest BCUT2D eigenvalue weighted by molar-refractivity contribution is 5.81. The van der Waals surface area contributed by atoms with E-state index in [-0.39, 0.29) is 42.3 Å². The summed E-state index contributed by atoms with van der Waals surface area (Å²) >= 11 is 0. The summed E-state index contributed by atoms with van der Waals surface area (Å²) in [6.07, 6.45) is 2.13. The first-order valence-electron chi connectivity index (χ1n) is 10.7. The molecule has 8 heteroatoms. The molecule has 0 spiro atoms. The Balaban J connectivity index is 2.39. The second kappa shape index (κ2) is 13.9. The van der Waals surface area contributed by atoms with Crippen LogP contribution in [0.3, 0.4) is 0 Å². The van der Waals surface area contributed by atoms with Crippen LogP contribution in [-0.4, -0.2) is 62.2 Å². The van der Waals surface area contributed by atoms with Gasteiger partial charge < -0.3 is 29.7 Å². The van der Waals surface area contributed by atoms with E-state index in [2.05, 4.69) is 5.32 Å². The van der Waals surface area contributed by atoms with E-state index in [9.17, 15) is 19.8 Å². The Hall–Kier alpha value is -2.32. The standard InChI is InChI=1S/C23H37NO7/c1-5-17(15-21(27)31-13-12-30-11-10-29-4)16-23(2,3)22(28)24-9-8-18-6-7-19(25)20(26)14-18/h6-7,14,17,25-26H,5,8-13,15-16H2,1-4H3,(H,24,28). The summed E-state index contributed by atoms with van der Waals surface area (Å²) in [6, 6.07) is 4.61. The van der Waals surface area contributed by atoms with Crippen LogP contribution in [-0.2, 0) is 30.2 Å². The highest BCUT2D eigenvalue weighted by Crippen LogP contribution is 2.30. The maximum absolute atomic E-state index is 12.7. The monoisotopic (exact) mass is 439 g/mol. The smallest absolute Gasteiger partial charge is 0.306 e. The second-order valence-electron chi connectivity index (χ2n) is 8.22. The highest BCUT2D eigenvalue weighted by Gasteiger charge is 2.31. The molecule has 1 atom stereocenters. The first kappa shape index (κ1) is 26.7. The van der Waals surface area contributed by atoms with Gasteiger partial charge in [0.05, 0.1) is 19.8 Å². The van der Waals surface area contributed by atoms with Crippen LogP contribution in [0.1, 0.15) is 45.6 Å². The molecule has 0 aliphatic rings. The number of phenolic OH excluding ortho intramolecular Hbond substituents is 2. The molecule has 0 radical (unpaired) electrons. The summed E-state index contributed by atoms with van der Waals surface area (Å²) in [7, 11) is 1.59. The lowest BCUT2D eigenvalue weighted by atomic mass is 9.79. The van der Waals surface area contributed by atoms with Gasteiger partial charge in [0.25, 0.3) is 0 Å². The molecule has 1 amide bonds. The minimum Gasteiger partial charge on any atom is -0.504 e. The van der Waals surface area contributed by atoms with Crippen molar-refractivity contribution in [3.05, 3.63) is 23.8 Å². The number of methoxy groups -OCH3 is 1. The molecule has 31 heavy (non-hydrogen) atoms. The van der Waals surface area contributed by atoms with Crippen LogP contribution < -0.4 is 5.32 Å². The van der Waals surface area contributed by atoms with Crippen molar-refractivity contribution in [2.45, 2.75) is 46.5 Å². The number of hydrogen-bond acceptors (Lipinski definition) is 7. The van der Waals surface area contributed by atoms with Gasteiger partial charge in [0.2, 0.25) is 5.91 Å².